The minimum atomic E-state index is -0.570. The lowest BCUT2D eigenvalue weighted by Crippen LogP contribution is -2.26. The molecule has 0 saturated heterocycles. The molecule has 2 aromatic carbocycles. The quantitative estimate of drug-likeness (QED) is 0.639. The number of rotatable bonds is 4. The Bertz CT molecular complexity index is 688. The predicted molar refractivity (Wildman–Crippen MR) is 84.7 cm³/mol. The average Bonchev–Trinajstić information content (AvgIpc) is 2.57. The van der Waals surface area contributed by atoms with Crippen LogP contribution < -0.4 is 5.01 Å². The monoisotopic (exact) mass is 293 g/mol. The summed E-state index contributed by atoms with van der Waals surface area (Å²) >= 11 is 0. The summed E-state index contributed by atoms with van der Waals surface area (Å²) in [5, 5.41) is 14.2. The van der Waals surface area contributed by atoms with Crippen molar-refractivity contribution >= 4 is 18.0 Å². The van der Waals surface area contributed by atoms with Crippen molar-refractivity contribution in [2.24, 2.45) is 5.10 Å². The van der Waals surface area contributed by atoms with Crippen LogP contribution in [0.3, 0.4) is 0 Å². The first-order chi connectivity index (χ1) is 10.7. The van der Waals surface area contributed by atoms with E-state index in [1.54, 1.807) is 37.4 Å². The number of nitrogens with zero attached hydrogens (tertiary/aromatic N) is 3. The summed E-state index contributed by atoms with van der Waals surface area (Å²) in [4.78, 5) is 12.0. The van der Waals surface area contributed by atoms with Gasteiger partial charge < -0.3 is 4.74 Å². The summed E-state index contributed by atoms with van der Waals surface area (Å²) < 4.78 is 5.01. The van der Waals surface area contributed by atoms with E-state index >= 15 is 0 Å². The van der Waals surface area contributed by atoms with Gasteiger partial charge in [-0.2, -0.15) is 15.4 Å². The number of carbonyl (C=O) groups excluding carboxylic acids is 1. The number of nitriles is 1. The maximum Gasteiger partial charge on any atom is 0.435 e. The molecule has 1 amide bonds. The largest absolute Gasteiger partial charge is 0.448 e. The van der Waals surface area contributed by atoms with Gasteiger partial charge in [-0.1, -0.05) is 30.3 Å². The highest BCUT2D eigenvalue weighted by Crippen LogP contribution is 2.17. The van der Waals surface area contributed by atoms with Crippen LogP contribution in [0.2, 0.25) is 0 Å². The van der Waals surface area contributed by atoms with Crippen LogP contribution in [-0.4, -0.2) is 18.9 Å². The van der Waals surface area contributed by atoms with E-state index in [0.717, 1.165) is 10.6 Å². The topological polar surface area (TPSA) is 65.7 Å². The van der Waals surface area contributed by atoms with Crippen LogP contribution in [0, 0.1) is 11.3 Å². The third kappa shape index (κ3) is 3.93. The fourth-order valence-electron chi connectivity index (χ4n) is 1.74. The minimum absolute atomic E-state index is 0.256. The molecule has 5 heteroatoms. The molecule has 5 nitrogen and oxygen atoms in total. The summed E-state index contributed by atoms with van der Waals surface area (Å²) in [5.74, 6) is 0. The van der Waals surface area contributed by atoms with Crippen molar-refractivity contribution in [3.8, 4) is 6.07 Å². The molecule has 0 saturated carbocycles. The molecule has 0 radical (unpaired) electrons. The lowest BCUT2D eigenvalue weighted by molar-refractivity contribution is 0.160. The zero-order valence-corrected chi connectivity index (χ0v) is 12.1. The number of hydrazone groups is 1. The zero-order valence-electron chi connectivity index (χ0n) is 12.1. The van der Waals surface area contributed by atoms with Crippen LogP contribution in [-0.2, 0) is 4.74 Å². The van der Waals surface area contributed by atoms with Gasteiger partial charge in [-0.05, 0) is 36.8 Å². The zero-order chi connectivity index (χ0) is 15.8. The van der Waals surface area contributed by atoms with E-state index < -0.39 is 6.09 Å². The fraction of sp³-hybridized carbons (Fsp3) is 0.118. The van der Waals surface area contributed by atoms with Crippen molar-refractivity contribution < 1.29 is 9.53 Å². The van der Waals surface area contributed by atoms with E-state index in [1.807, 2.05) is 36.4 Å². The van der Waals surface area contributed by atoms with Crippen molar-refractivity contribution in [3.05, 3.63) is 65.7 Å². The molecule has 2 rings (SSSR count). The minimum Gasteiger partial charge on any atom is -0.448 e. The Morgan fingerprint density at radius 2 is 1.91 bits per heavy atom. The first kappa shape index (κ1) is 15.3. The second-order valence-electron chi connectivity index (χ2n) is 4.32. The van der Waals surface area contributed by atoms with Crippen LogP contribution in [0.5, 0.6) is 0 Å². The molecule has 0 N–H and O–H groups in total. The normalized spacial score (nSPS) is 10.2. The number of hydrogen-bond acceptors (Lipinski definition) is 4. The van der Waals surface area contributed by atoms with Gasteiger partial charge in [-0.15, -0.1) is 0 Å². The number of hydrogen-bond donors (Lipinski definition) is 0. The Morgan fingerprint density at radius 1 is 1.23 bits per heavy atom. The molecule has 0 aromatic heterocycles. The van der Waals surface area contributed by atoms with Gasteiger partial charge in [0.15, 0.2) is 0 Å². The highest BCUT2D eigenvalue weighted by molar-refractivity contribution is 5.90. The van der Waals surface area contributed by atoms with Gasteiger partial charge in [0.2, 0.25) is 0 Å². The highest BCUT2D eigenvalue weighted by Gasteiger charge is 2.15. The first-order valence-electron chi connectivity index (χ1n) is 6.80. The molecule has 0 spiro atoms. The van der Waals surface area contributed by atoms with Crippen molar-refractivity contribution in [1.29, 1.82) is 5.26 Å². The molecule has 110 valence electrons. The molecular weight excluding hydrogens is 278 g/mol. The van der Waals surface area contributed by atoms with Gasteiger partial charge in [0.25, 0.3) is 0 Å². The van der Waals surface area contributed by atoms with Crippen molar-refractivity contribution in [1.82, 2.24) is 0 Å². The third-order valence-electron chi connectivity index (χ3n) is 2.80. The standard InChI is InChI=1S/C17H15N3O2/c1-2-22-17(21)20(16-10-8-14(12-18)9-11-16)19-13-15-6-4-3-5-7-15/h3-11,13H,2H2,1H3. The summed E-state index contributed by atoms with van der Waals surface area (Å²) in [7, 11) is 0. The van der Waals surface area contributed by atoms with E-state index in [0.29, 0.717) is 11.3 Å². The highest BCUT2D eigenvalue weighted by atomic mass is 16.6. The van der Waals surface area contributed by atoms with Gasteiger partial charge in [-0.3, -0.25) is 0 Å². The predicted octanol–water partition coefficient (Wildman–Crippen LogP) is 3.56. The van der Waals surface area contributed by atoms with E-state index in [4.69, 9.17) is 10.00 Å². The Balaban J connectivity index is 2.28. The summed E-state index contributed by atoms with van der Waals surface area (Å²) in [6.07, 6.45) is 1.01. The van der Waals surface area contributed by atoms with Crippen molar-refractivity contribution in [2.75, 3.05) is 11.6 Å². The van der Waals surface area contributed by atoms with E-state index in [1.165, 1.54) is 0 Å². The molecule has 0 aliphatic heterocycles. The van der Waals surface area contributed by atoms with Crippen LogP contribution in [0.15, 0.2) is 59.7 Å². The van der Waals surface area contributed by atoms with Crippen molar-refractivity contribution in [3.63, 3.8) is 0 Å². The Kier molecular flexibility index (Phi) is 5.27. The molecule has 22 heavy (non-hydrogen) atoms. The molecule has 0 unspecified atom stereocenters. The first-order valence-corrected chi connectivity index (χ1v) is 6.80. The number of benzene rings is 2. The third-order valence-corrected chi connectivity index (χ3v) is 2.80. The van der Waals surface area contributed by atoms with Gasteiger partial charge in [0.1, 0.15) is 0 Å². The second-order valence-corrected chi connectivity index (χ2v) is 4.32. The number of ether oxygens (including phenoxy) is 1. The summed E-state index contributed by atoms with van der Waals surface area (Å²) in [6.45, 7) is 1.99. The molecular formula is C17H15N3O2. The van der Waals surface area contributed by atoms with Crippen LogP contribution in [0.1, 0.15) is 18.1 Å². The van der Waals surface area contributed by atoms with Crippen LogP contribution in [0.4, 0.5) is 10.5 Å². The maximum atomic E-state index is 12.0. The smallest absolute Gasteiger partial charge is 0.435 e. The van der Waals surface area contributed by atoms with Gasteiger partial charge in [0, 0.05) is 0 Å². The molecule has 2 aromatic rings. The maximum absolute atomic E-state index is 12.0. The van der Waals surface area contributed by atoms with Gasteiger partial charge in [0.05, 0.1) is 30.1 Å². The molecule has 0 aliphatic carbocycles. The van der Waals surface area contributed by atoms with Crippen LogP contribution in [0.25, 0.3) is 0 Å². The number of amides is 1. The Hall–Kier alpha value is -3.13. The second kappa shape index (κ2) is 7.60. The number of carbonyl (C=O) groups is 1. The lowest BCUT2D eigenvalue weighted by atomic mass is 10.2. The molecule has 0 bridgehead atoms. The Morgan fingerprint density at radius 3 is 2.50 bits per heavy atom. The fourth-order valence-corrected chi connectivity index (χ4v) is 1.74. The van der Waals surface area contributed by atoms with Gasteiger partial charge >= 0.3 is 6.09 Å². The van der Waals surface area contributed by atoms with Crippen LogP contribution >= 0.6 is 0 Å². The Labute approximate surface area is 129 Å². The van der Waals surface area contributed by atoms with E-state index in [-0.39, 0.29) is 6.61 Å². The van der Waals surface area contributed by atoms with Crippen molar-refractivity contribution in [2.45, 2.75) is 6.92 Å². The van der Waals surface area contributed by atoms with E-state index in [2.05, 4.69) is 5.10 Å². The number of anilines is 1. The summed E-state index contributed by atoms with van der Waals surface area (Å²) in [6, 6.07) is 18.0. The molecule has 0 fully saturated rings. The van der Waals surface area contributed by atoms with Gasteiger partial charge in [-0.25, -0.2) is 4.79 Å². The molecule has 0 heterocycles. The molecule has 0 aliphatic rings. The average molecular weight is 293 g/mol. The molecule has 0 atom stereocenters. The SMILES string of the molecule is CCOC(=O)N(N=Cc1ccccc1)c1ccc(C#N)cc1. The summed E-state index contributed by atoms with van der Waals surface area (Å²) in [5.41, 5.74) is 1.91. The lowest BCUT2D eigenvalue weighted by Gasteiger charge is -2.16. The van der Waals surface area contributed by atoms with E-state index in [9.17, 15) is 4.79 Å².